The van der Waals surface area contributed by atoms with E-state index in [0.717, 1.165) is 5.95 Å². The van der Waals surface area contributed by atoms with Gasteiger partial charge in [0.1, 0.15) is 8.24 Å². The second-order valence-electron chi connectivity index (χ2n) is 3.45. The van der Waals surface area contributed by atoms with Gasteiger partial charge in [-0.2, -0.15) is 0 Å². The van der Waals surface area contributed by atoms with Crippen molar-refractivity contribution in [1.29, 1.82) is 0 Å². The summed E-state index contributed by atoms with van der Waals surface area (Å²) in [5.74, 6) is 0.742. The number of rotatable bonds is 2. The Morgan fingerprint density at radius 1 is 1.18 bits per heavy atom. The fraction of sp³-hybridized carbons (Fsp3) is 0.429. The minimum atomic E-state index is -1.27. The van der Waals surface area contributed by atoms with Gasteiger partial charge in [0.05, 0.1) is 0 Å². The Hall–Kier alpha value is -0.903. The Kier molecular flexibility index (Phi) is 2.24. The van der Waals surface area contributed by atoms with E-state index in [-0.39, 0.29) is 0 Å². The Bertz CT molecular complexity index is 217. The highest BCUT2D eigenvalue weighted by Gasteiger charge is 2.13. The third-order valence-electron chi connectivity index (χ3n) is 1.05. The minimum Gasteiger partial charge on any atom is -0.381 e. The van der Waals surface area contributed by atoms with Gasteiger partial charge in [0.2, 0.25) is 5.95 Å². The van der Waals surface area contributed by atoms with E-state index < -0.39 is 8.24 Å². The van der Waals surface area contributed by atoms with Gasteiger partial charge < -0.3 is 4.98 Å². The van der Waals surface area contributed by atoms with Crippen LogP contribution in [0.4, 0.5) is 5.95 Å². The minimum absolute atomic E-state index is 0.742. The molecule has 0 fully saturated rings. The van der Waals surface area contributed by atoms with Crippen molar-refractivity contribution in [3.8, 4) is 0 Å². The molecule has 4 heteroatoms. The number of nitrogens with one attached hydrogen (secondary N) is 1. The molecule has 0 saturated carbocycles. The lowest BCUT2D eigenvalue weighted by molar-refractivity contribution is 1.17. The average Bonchev–Trinajstić information content (AvgIpc) is 1.85. The molecule has 3 nitrogen and oxygen atoms in total. The quantitative estimate of drug-likeness (QED) is 0.682. The molecule has 1 N–H and O–H groups in total. The monoisotopic (exact) mass is 167 g/mol. The predicted octanol–water partition coefficient (Wildman–Crippen LogP) is 1.72. The zero-order valence-electron chi connectivity index (χ0n) is 7.13. The molecule has 1 aromatic rings. The molecule has 0 aromatic carbocycles. The van der Waals surface area contributed by atoms with Crippen LogP contribution in [0.15, 0.2) is 18.5 Å². The molecule has 1 heterocycles. The van der Waals surface area contributed by atoms with Gasteiger partial charge in [-0.25, -0.2) is 9.97 Å². The fourth-order valence-corrected chi connectivity index (χ4v) is 1.50. The zero-order chi connectivity index (χ0) is 8.32. The van der Waals surface area contributed by atoms with E-state index in [1.54, 1.807) is 12.4 Å². The van der Waals surface area contributed by atoms with Gasteiger partial charge in [-0.3, -0.25) is 0 Å². The smallest absolute Gasteiger partial charge is 0.214 e. The van der Waals surface area contributed by atoms with E-state index in [4.69, 9.17) is 0 Å². The van der Waals surface area contributed by atoms with E-state index >= 15 is 0 Å². The first-order valence-corrected chi connectivity index (χ1v) is 7.13. The van der Waals surface area contributed by atoms with Gasteiger partial charge in [0.25, 0.3) is 0 Å². The zero-order valence-corrected chi connectivity index (χ0v) is 8.13. The van der Waals surface area contributed by atoms with Crippen molar-refractivity contribution in [2.45, 2.75) is 19.6 Å². The van der Waals surface area contributed by atoms with Crippen LogP contribution >= 0.6 is 0 Å². The molecular weight excluding hydrogens is 154 g/mol. The Balaban J connectivity index is 2.66. The summed E-state index contributed by atoms with van der Waals surface area (Å²) in [5, 5.41) is 0. The Morgan fingerprint density at radius 2 is 1.73 bits per heavy atom. The van der Waals surface area contributed by atoms with Crippen molar-refractivity contribution in [3.63, 3.8) is 0 Å². The van der Waals surface area contributed by atoms with Gasteiger partial charge in [-0.05, 0) is 6.07 Å². The van der Waals surface area contributed by atoms with Crippen molar-refractivity contribution in [2.24, 2.45) is 0 Å². The van der Waals surface area contributed by atoms with Crippen LogP contribution < -0.4 is 4.98 Å². The lowest BCUT2D eigenvalue weighted by Crippen LogP contribution is -2.33. The summed E-state index contributed by atoms with van der Waals surface area (Å²) >= 11 is 0. The lowest BCUT2D eigenvalue weighted by Gasteiger charge is -2.16. The highest BCUT2D eigenvalue weighted by atomic mass is 28.3. The molecule has 1 aromatic heterocycles. The van der Waals surface area contributed by atoms with E-state index in [1.807, 2.05) is 6.07 Å². The number of nitrogens with zero attached hydrogens (tertiary/aromatic N) is 2. The second kappa shape index (κ2) is 3.00. The summed E-state index contributed by atoms with van der Waals surface area (Å²) in [6, 6.07) is 1.81. The summed E-state index contributed by atoms with van der Waals surface area (Å²) in [6.07, 6.45) is 3.49. The maximum absolute atomic E-state index is 4.08. The summed E-state index contributed by atoms with van der Waals surface area (Å²) in [7, 11) is -1.27. The SMILES string of the molecule is C[Si](C)(C)Nc1ncccn1. The van der Waals surface area contributed by atoms with E-state index in [2.05, 4.69) is 34.6 Å². The first-order valence-electron chi connectivity index (χ1n) is 3.63. The molecule has 0 unspecified atom stereocenters. The first-order chi connectivity index (χ1) is 5.08. The number of anilines is 1. The normalized spacial score (nSPS) is 11.2. The summed E-state index contributed by atoms with van der Waals surface area (Å²) in [5.41, 5.74) is 0. The van der Waals surface area contributed by atoms with Gasteiger partial charge >= 0.3 is 0 Å². The van der Waals surface area contributed by atoms with Gasteiger partial charge in [0.15, 0.2) is 0 Å². The van der Waals surface area contributed by atoms with Crippen molar-refractivity contribution >= 4 is 14.2 Å². The van der Waals surface area contributed by atoms with E-state index in [9.17, 15) is 0 Å². The molecule has 0 bridgehead atoms. The van der Waals surface area contributed by atoms with Crippen LogP contribution in [0.25, 0.3) is 0 Å². The van der Waals surface area contributed by atoms with Crippen LogP contribution in [0.1, 0.15) is 0 Å². The molecule has 1 rings (SSSR count). The van der Waals surface area contributed by atoms with E-state index in [0.29, 0.717) is 0 Å². The molecule has 0 saturated heterocycles. The molecule has 0 aliphatic carbocycles. The third kappa shape index (κ3) is 3.13. The molecule has 60 valence electrons. The lowest BCUT2D eigenvalue weighted by atomic mass is 10.7. The van der Waals surface area contributed by atoms with Gasteiger partial charge in [-0.1, -0.05) is 19.6 Å². The molecule has 0 aliphatic heterocycles. The van der Waals surface area contributed by atoms with Crippen LogP contribution in [0.3, 0.4) is 0 Å². The summed E-state index contributed by atoms with van der Waals surface area (Å²) < 4.78 is 0. The number of hydrogen-bond acceptors (Lipinski definition) is 3. The molecule has 0 amide bonds. The van der Waals surface area contributed by atoms with Crippen molar-refractivity contribution in [2.75, 3.05) is 4.98 Å². The molecule has 0 spiro atoms. The predicted molar refractivity (Wildman–Crippen MR) is 49.0 cm³/mol. The highest BCUT2D eigenvalue weighted by molar-refractivity contribution is 6.79. The van der Waals surface area contributed by atoms with Crippen LogP contribution in [-0.2, 0) is 0 Å². The Labute approximate surface area is 68.0 Å². The van der Waals surface area contributed by atoms with Crippen LogP contribution in [0.2, 0.25) is 19.6 Å². The van der Waals surface area contributed by atoms with Gasteiger partial charge in [0, 0.05) is 12.4 Å². The van der Waals surface area contributed by atoms with Gasteiger partial charge in [-0.15, -0.1) is 0 Å². The topological polar surface area (TPSA) is 37.8 Å². The molecular formula is C7H13N3Si. The summed E-state index contributed by atoms with van der Waals surface area (Å²) in [4.78, 5) is 11.5. The highest BCUT2D eigenvalue weighted by Crippen LogP contribution is 2.03. The van der Waals surface area contributed by atoms with Crippen LogP contribution in [0.5, 0.6) is 0 Å². The van der Waals surface area contributed by atoms with Crippen LogP contribution in [-0.4, -0.2) is 18.2 Å². The van der Waals surface area contributed by atoms with Crippen molar-refractivity contribution < 1.29 is 0 Å². The maximum Gasteiger partial charge on any atom is 0.214 e. The molecule has 0 atom stereocenters. The molecule has 11 heavy (non-hydrogen) atoms. The molecule has 0 aliphatic rings. The fourth-order valence-electron chi connectivity index (χ4n) is 0.699. The number of hydrogen-bond donors (Lipinski definition) is 1. The average molecular weight is 167 g/mol. The van der Waals surface area contributed by atoms with Crippen molar-refractivity contribution in [3.05, 3.63) is 18.5 Å². The number of aromatic nitrogens is 2. The Morgan fingerprint density at radius 3 is 2.18 bits per heavy atom. The van der Waals surface area contributed by atoms with E-state index in [1.165, 1.54) is 0 Å². The first kappa shape index (κ1) is 8.20. The second-order valence-corrected chi connectivity index (χ2v) is 8.20. The standard InChI is InChI=1S/C7H13N3Si/c1-11(2,3)10-7-8-5-4-6-9-7/h4-6H,1-3H3,(H,8,9,10). The van der Waals surface area contributed by atoms with Crippen molar-refractivity contribution in [1.82, 2.24) is 9.97 Å². The maximum atomic E-state index is 4.08. The largest absolute Gasteiger partial charge is 0.381 e. The molecule has 0 radical (unpaired) electrons. The third-order valence-corrected chi connectivity index (χ3v) is 2.03. The van der Waals surface area contributed by atoms with Crippen LogP contribution in [0, 0.1) is 0 Å². The summed E-state index contributed by atoms with van der Waals surface area (Å²) in [6.45, 7) is 6.64.